The molecule has 0 aliphatic rings. The third-order valence-corrected chi connectivity index (χ3v) is 8.88. The molecule has 0 atom stereocenters. The molecule has 7 nitrogen and oxygen atoms in total. The third-order valence-electron chi connectivity index (χ3n) is 5.06. The molecule has 1 amide bonds. The molecular weight excluding hydrogens is 464 g/mol. The number of nitrogens with one attached hydrogen (secondary N) is 1. The number of aromatic nitrogens is 2. The van der Waals surface area contributed by atoms with Crippen LogP contribution in [0.15, 0.2) is 57.4 Å². The largest absolute Gasteiger partial charge is 0.324 e. The maximum absolute atomic E-state index is 12.9. The fraction of sp³-hybridized carbons (Fsp3) is 0.364. The lowest BCUT2D eigenvalue weighted by Crippen LogP contribution is -2.30. The molecule has 0 spiro atoms. The van der Waals surface area contributed by atoms with Crippen LogP contribution in [-0.2, 0) is 21.4 Å². The lowest BCUT2D eigenvalue weighted by atomic mass is 10.3. The van der Waals surface area contributed by atoms with E-state index in [1.807, 2.05) is 55.9 Å². The molecule has 0 fully saturated rings. The smallest absolute Gasteiger partial charge is 0.243 e. The number of fused-ring (bicyclic) bond motifs is 1. The number of nitrogens with zero attached hydrogens (tertiary/aromatic N) is 3. The standard InChI is InChI=1S/C22H28N4O3S3/c1-5-25(6-2)32(28,29)16-12-13-19-18(14-16)24-22(26(19)7-3)31-15-21(27)23-17-10-8-9-11-20(17)30-4/h8-14H,5-7,15H2,1-4H3,(H,23,27). The van der Waals surface area contributed by atoms with Crippen molar-refractivity contribution < 1.29 is 13.2 Å². The molecule has 1 aromatic heterocycles. The molecule has 172 valence electrons. The lowest BCUT2D eigenvalue weighted by Gasteiger charge is -2.18. The quantitative estimate of drug-likeness (QED) is 0.418. The van der Waals surface area contributed by atoms with Gasteiger partial charge in [0.05, 0.1) is 27.4 Å². The van der Waals surface area contributed by atoms with E-state index in [0.29, 0.717) is 30.3 Å². The number of sulfonamides is 1. The van der Waals surface area contributed by atoms with E-state index in [-0.39, 0.29) is 16.6 Å². The predicted molar refractivity (Wildman–Crippen MR) is 133 cm³/mol. The van der Waals surface area contributed by atoms with Crippen molar-refractivity contribution in [2.45, 2.75) is 42.3 Å². The van der Waals surface area contributed by atoms with Gasteiger partial charge in [0, 0.05) is 24.5 Å². The number of imidazole rings is 1. The molecule has 1 heterocycles. The summed E-state index contributed by atoms with van der Waals surface area (Å²) in [6.45, 7) is 7.14. The number of para-hydroxylation sites is 1. The molecule has 3 aromatic rings. The first-order valence-corrected chi connectivity index (χ1v) is 14.1. The first-order valence-electron chi connectivity index (χ1n) is 10.4. The lowest BCUT2D eigenvalue weighted by molar-refractivity contribution is -0.113. The Balaban J connectivity index is 1.82. The van der Waals surface area contributed by atoms with E-state index in [9.17, 15) is 13.2 Å². The SMILES string of the molecule is CCN(CC)S(=O)(=O)c1ccc2c(c1)nc(SCC(=O)Nc1ccccc1SC)n2CC. The Morgan fingerprint density at radius 1 is 1.12 bits per heavy atom. The highest BCUT2D eigenvalue weighted by Crippen LogP contribution is 2.28. The predicted octanol–water partition coefficient (Wildman–Crippen LogP) is 4.54. The first kappa shape index (κ1) is 24.6. The maximum Gasteiger partial charge on any atom is 0.243 e. The number of anilines is 1. The number of benzene rings is 2. The molecule has 0 aliphatic heterocycles. The fourth-order valence-electron chi connectivity index (χ4n) is 3.44. The zero-order valence-corrected chi connectivity index (χ0v) is 21.1. The number of carbonyl (C=O) groups excluding carboxylic acids is 1. The molecule has 2 aromatic carbocycles. The van der Waals surface area contributed by atoms with Crippen LogP contribution in [0.1, 0.15) is 20.8 Å². The highest BCUT2D eigenvalue weighted by molar-refractivity contribution is 7.99. The summed E-state index contributed by atoms with van der Waals surface area (Å²) in [5.41, 5.74) is 2.25. The average Bonchev–Trinajstić information content (AvgIpc) is 3.15. The van der Waals surface area contributed by atoms with Crippen LogP contribution in [0.25, 0.3) is 11.0 Å². The second-order valence-corrected chi connectivity index (χ2v) is 10.6. The van der Waals surface area contributed by atoms with Gasteiger partial charge in [-0.2, -0.15) is 4.31 Å². The summed E-state index contributed by atoms with van der Waals surface area (Å²) in [5, 5.41) is 3.64. The van der Waals surface area contributed by atoms with Gasteiger partial charge in [0.2, 0.25) is 15.9 Å². The number of aryl methyl sites for hydroxylation is 1. The molecule has 0 bridgehead atoms. The van der Waals surface area contributed by atoms with Gasteiger partial charge in [-0.15, -0.1) is 11.8 Å². The van der Waals surface area contributed by atoms with Crippen LogP contribution in [0.5, 0.6) is 0 Å². The van der Waals surface area contributed by atoms with Gasteiger partial charge in [0.1, 0.15) is 0 Å². The second-order valence-electron chi connectivity index (χ2n) is 6.92. The number of amides is 1. The number of hydrogen-bond acceptors (Lipinski definition) is 6. The van der Waals surface area contributed by atoms with Gasteiger partial charge in [-0.05, 0) is 43.5 Å². The Kier molecular flexibility index (Phi) is 8.26. The molecule has 0 saturated carbocycles. The van der Waals surface area contributed by atoms with Gasteiger partial charge in [0.25, 0.3) is 0 Å². The van der Waals surface area contributed by atoms with Crippen molar-refractivity contribution in [3.63, 3.8) is 0 Å². The van der Waals surface area contributed by atoms with Crippen molar-refractivity contribution in [2.24, 2.45) is 0 Å². The van der Waals surface area contributed by atoms with E-state index in [1.54, 1.807) is 30.0 Å². The number of thioether (sulfide) groups is 2. The monoisotopic (exact) mass is 492 g/mol. The van der Waals surface area contributed by atoms with Crippen molar-refractivity contribution in [3.05, 3.63) is 42.5 Å². The minimum absolute atomic E-state index is 0.115. The maximum atomic E-state index is 12.9. The van der Waals surface area contributed by atoms with Crippen LogP contribution < -0.4 is 5.32 Å². The molecule has 0 radical (unpaired) electrons. The van der Waals surface area contributed by atoms with Gasteiger partial charge >= 0.3 is 0 Å². The Hall–Kier alpha value is -2.01. The minimum atomic E-state index is -3.56. The Labute approximate surface area is 198 Å². The van der Waals surface area contributed by atoms with Crippen molar-refractivity contribution in [2.75, 3.05) is 30.4 Å². The number of rotatable bonds is 10. The van der Waals surface area contributed by atoms with Gasteiger partial charge < -0.3 is 9.88 Å². The van der Waals surface area contributed by atoms with Crippen LogP contribution >= 0.6 is 23.5 Å². The molecule has 0 saturated heterocycles. The summed E-state index contributed by atoms with van der Waals surface area (Å²) < 4.78 is 29.2. The van der Waals surface area contributed by atoms with E-state index < -0.39 is 10.0 Å². The Morgan fingerprint density at radius 3 is 2.50 bits per heavy atom. The molecule has 32 heavy (non-hydrogen) atoms. The number of hydrogen-bond donors (Lipinski definition) is 1. The van der Waals surface area contributed by atoms with E-state index in [0.717, 1.165) is 16.1 Å². The second kappa shape index (κ2) is 10.7. The summed E-state index contributed by atoms with van der Waals surface area (Å²) in [6.07, 6.45) is 1.97. The van der Waals surface area contributed by atoms with E-state index in [4.69, 9.17) is 0 Å². The molecule has 0 unspecified atom stereocenters. The van der Waals surface area contributed by atoms with Gasteiger partial charge in [-0.3, -0.25) is 4.79 Å². The number of carbonyl (C=O) groups is 1. The van der Waals surface area contributed by atoms with E-state index in [1.165, 1.54) is 16.1 Å². The van der Waals surface area contributed by atoms with Crippen LogP contribution in [-0.4, -0.2) is 53.3 Å². The Bertz CT molecular complexity index is 1200. The van der Waals surface area contributed by atoms with E-state index in [2.05, 4.69) is 10.3 Å². The summed E-state index contributed by atoms with van der Waals surface area (Å²) in [5.74, 6) is 0.0902. The zero-order chi connectivity index (χ0) is 23.3. The van der Waals surface area contributed by atoms with Crippen LogP contribution in [0.4, 0.5) is 5.69 Å². The topological polar surface area (TPSA) is 84.3 Å². The average molecular weight is 493 g/mol. The first-order chi connectivity index (χ1) is 15.3. The highest BCUT2D eigenvalue weighted by atomic mass is 32.2. The summed E-state index contributed by atoms with van der Waals surface area (Å²) in [6, 6.07) is 12.7. The van der Waals surface area contributed by atoms with Crippen molar-refractivity contribution in [1.82, 2.24) is 13.9 Å². The summed E-state index contributed by atoms with van der Waals surface area (Å²) in [4.78, 5) is 18.4. The Morgan fingerprint density at radius 2 is 1.84 bits per heavy atom. The molecule has 10 heteroatoms. The van der Waals surface area contributed by atoms with Crippen molar-refractivity contribution in [1.29, 1.82) is 0 Å². The highest BCUT2D eigenvalue weighted by Gasteiger charge is 2.23. The van der Waals surface area contributed by atoms with Crippen molar-refractivity contribution >= 4 is 56.2 Å². The van der Waals surface area contributed by atoms with Crippen LogP contribution in [0, 0.1) is 0 Å². The van der Waals surface area contributed by atoms with Gasteiger partial charge in [-0.25, -0.2) is 13.4 Å². The van der Waals surface area contributed by atoms with Gasteiger partial charge in [0.15, 0.2) is 5.16 Å². The van der Waals surface area contributed by atoms with Crippen LogP contribution in [0.2, 0.25) is 0 Å². The molecule has 3 rings (SSSR count). The third kappa shape index (κ3) is 5.14. The van der Waals surface area contributed by atoms with Crippen LogP contribution in [0.3, 0.4) is 0 Å². The summed E-state index contributed by atoms with van der Waals surface area (Å²) >= 11 is 2.92. The molecule has 1 N–H and O–H groups in total. The molecule has 0 aliphatic carbocycles. The fourth-order valence-corrected chi connectivity index (χ4v) is 6.35. The molecular formula is C22H28N4O3S3. The summed E-state index contributed by atoms with van der Waals surface area (Å²) in [7, 11) is -3.56. The minimum Gasteiger partial charge on any atom is -0.324 e. The zero-order valence-electron chi connectivity index (χ0n) is 18.7. The van der Waals surface area contributed by atoms with E-state index >= 15 is 0 Å². The normalized spacial score (nSPS) is 11.9. The van der Waals surface area contributed by atoms with Gasteiger partial charge in [-0.1, -0.05) is 37.7 Å². The van der Waals surface area contributed by atoms with Crippen molar-refractivity contribution in [3.8, 4) is 0 Å².